The van der Waals surface area contributed by atoms with Gasteiger partial charge in [-0.3, -0.25) is 4.79 Å². The molecule has 222 valence electrons. The van der Waals surface area contributed by atoms with Crippen LogP contribution in [-0.2, 0) is 19.4 Å². The van der Waals surface area contributed by atoms with Gasteiger partial charge < -0.3 is 14.5 Å². The van der Waals surface area contributed by atoms with Crippen LogP contribution in [0.15, 0.2) is 71.1 Å². The minimum Gasteiger partial charge on any atom is -0.379 e. The number of rotatable bonds is 6. The Balaban J connectivity index is 1.61. The minimum atomic E-state index is -4.04. The van der Waals surface area contributed by atoms with Gasteiger partial charge in [-0.15, -0.1) is 0 Å². The van der Waals surface area contributed by atoms with Crippen LogP contribution in [0.1, 0.15) is 6.92 Å². The SMILES string of the molecule is C=CC(=O)N1CCN(c2nc(=O)n(-c3cccnc3S(=O)(=O)C3COC3)c3nc(-c4ccccc4F)c(F)cc23)[C@@H](C)C1. The van der Waals surface area contributed by atoms with E-state index in [0.717, 1.165) is 16.7 Å². The van der Waals surface area contributed by atoms with Crippen molar-refractivity contribution < 1.29 is 26.7 Å². The number of hydrogen-bond acceptors (Lipinski definition) is 9. The number of aromatic nitrogens is 4. The summed E-state index contributed by atoms with van der Waals surface area (Å²) in [5.74, 6) is -1.75. The van der Waals surface area contributed by atoms with Gasteiger partial charge in [-0.05, 0) is 43.3 Å². The van der Waals surface area contributed by atoms with Crippen LogP contribution < -0.4 is 10.6 Å². The molecule has 0 bridgehead atoms. The number of ether oxygens (including phenoxy) is 1. The average Bonchev–Trinajstić information content (AvgIpc) is 2.95. The van der Waals surface area contributed by atoms with E-state index in [2.05, 4.69) is 21.5 Å². The highest BCUT2D eigenvalue weighted by Gasteiger charge is 2.38. The molecule has 1 aromatic carbocycles. The van der Waals surface area contributed by atoms with Gasteiger partial charge in [0.25, 0.3) is 0 Å². The highest BCUT2D eigenvalue weighted by Crippen LogP contribution is 2.33. The highest BCUT2D eigenvalue weighted by atomic mass is 32.2. The van der Waals surface area contributed by atoms with Crippen molar-refractivity contribution in [2.75, 3.05) is 37.7 Å². The first kappa shape index (κ1) is 28.6. The summed E-state index contributed by atoms with van der Waals surface area (Å²) in [7, 11) is -4.04. The Morgan fingerprint density at radius 2 is 1.86 bits per heavy atom. The summed E-state index contributed by atoms with van der Waals surface area (Å²) >= 11 is 0. The van der Waals surface area contributed by atoms with Gasteiger partial charge >= 0.3 is 5.69 Å². The van der Waals surface area contributed by atoms with Crippen molar-refractivity contribution in [2.24, 2.45) is 0 Å². The Kier molecular flexibility index (Phi) is 7.26. The third kappa shape index (κ3) is 4.85. The Morgan fingerprint density at radius 3 is 2.53 bits per heavy atom. The number of nitrogens with zero attached hydrogens (tertiary/aromatic N) is 6. The van der Waals surface area contributed by atoms with Crippen LogP contribution in [0.4, 0.5) is 14.6 Å². The molecule has 0 radical (unpaired) electrons. The van der Waals surface area contributed by atoms with Crippen LogP contribution in [0.2, 0.25) is 0 Å². The second-order valence-corrected chi connectivity index (χ2v) is 12.4. The number of halogens is 2. The van der Waals surface area contributed by atoms with E-state index < -0.39 is 32.4 Å². The van der Waals surface area contributed by atoms with Crippen LogP contribution in [0.3, 0.4) is 0 Å². The molecule has 5 heterocycles. The fourth-order valence-corrected chi connectivity index (χ4v) is 6.83. The molecular weight excluding hydrogens is 582 g/mol. The molecule has 0 saturated carbocycles. The Morgan fingerprint density at radius 1 is 1.09 bits per heavy atom. The molecule has 2 fully saturated rings. The van der Waals surface area contributed by atoms with Crippen molar-refractivity contribution in [3.8, 4) is 16.9 Å². The standard InChI is InChI=1S/C29H26F2N6O5S/c1-3-24(38)35-11-12-36(17(2)14-35)26-20-13-22(31)25(19-7-4-5-8-21(19)30)33-27(20)37(29(39)34-26)23-9-6-10-32-28(23)43(40,41)18-15-42-16-18/h3-10,13,17-18H,1,11-12,14-16H2,2H3/t17-/m0/s1. The number of fused-ring (bicyclic) bond motifs is 1. The summed E-state index contributed by atoms with van der Waals surface area (Å²) in [6.07, 6.45) is 2.50. The van der Waals surface area contributed by atoms with E-state index in [0.29, 0.717) is 6.54 Å². The zero-order chi connectivity index (χ0) is 30.5. The maximum Gasteiger partial charge on any atom is 0.355 e. The van der Waals surface area contributed by atoms with Crippen molar-refractivity contribution in [3.63, 3.8) is 0 Å². The van der Waals surface area contributed by atoms with Crippen LogP contribution >= 0.6 is 0 Å². The van der Waals surface area contributed by atoms with Gasteiger partial charge in [0, 0.05) is 37.4 Å². The highest BCUT2D eigenvalue weighted by molar-refractivity contribution is 7.92. The van der Waals surface area contributed by atoms with E-state index in [1.54, 1.807) is 9.80 Å². The predicted molar refractivity (Wildman–Crippen MR) is 154 cm³/mol. The number of benzene rings is 1. The van der Waals surface area contributed by atoms with E-state index in [-0.39, 0.29) is 77.1 Å². The predicted octanol–water partition coefficient (Wildman–Crippen LogP) is 2.52. The molecule has 4 aromatic rings. The fraction of sp³-hybridized carbons (Fsp3) is 0.276. The van der Waals surface area contributed by atoms with Gasteiger partial charge in [0.15, 0.2) is 10.7 Å². The van der Waals surface area contributed by atoms with Crippen molar-refractivity contribution in [3.05, 3.63) is 83.4 Å². The Hall–Kier alpha value is -4.56. The number of carbonyl (C=O) groups is 1. The molecule has 14 heteroatoms. The van der Waals surface area contributed by atoms with E-state index in [1.807, 2.05) is 6.92 Å². The van der Waals surface area contributed by atoms with Crippen molar-refractivity contribution >= 4 is 32.6 Å². The molecule has 6 rings (SSSR count). The summed E-state index contributed by atoms with van der Waals surface area (Å²) in [5.41, 5.74) is -1.68. The van der Waals surface area contributed by atoms with Gasteiger partial charge in [-0.2, -0.15) is 4.98 Å². The molecule has 1 atom stereocenters. The topological polar surface area (TPSA) is 128 Å². The van der Waals surface area contributed by atoms with Crippen molar-refractivity contribution in [2.45, 2.75) is 23.2 Å². The van der Waals surface area contributed by atoms with Crippen LogP contribution in [0, 0.1) is 11.6 Å². The second kappa shape index (κ2) is 10.9. The molecule has 2 aliphatic rings. The monoisotopic (exact) mass is 608 g/mol. The lowest BCUT2D eigenvalue weighted by atomic mass is 10.1. The molecule has 3 aromatic heterocycles. The molecular formula is C29H26F2N6O5S. The van der Waals surface area contributed by atoms with Gasteiger partial charge in [-0.25, -0.2) is 36.5 Å². The summed E-state index contributed by atoms with van der Waals surface area (Å²) in [6.45, 7) is 6.15. The molecule has 1 amide bonds. The van der Waals surface area contributed by atoms with Crippen LogP contribution in [0.25, 0.3) is 28.0 Å². The zero-order valence-corrected chi connectivity index (χ0v) is 23.8. The third-order valence-electron chi connectivity index (χ3n) is 7.62. The normalized spacial score (nSPS) is 17.6. The van der Waals surface area contributed by atoms with Gasteiger partial charge in [0.2, 0.25) is 15.7 Å². The summed E-state index contributed by atoms with van der Waals surface area (Å²) in [6, 6.07) is 9.09. The number of carbonyl (C=O) groups excluding carboxylic acids is 1. The molecule has 2 saturated heterocycles. The Labute approximate surface area is 245 Å². The molecule has 0 N–H and O–H groups in total. The molecule has 0 unspecified atom stereocenters. The number of hydrogen-bond donors (Lipinski definition) is 0. The lowest BCUT2D eigenvalue weighted by Crippen LogP contribution is -2.54. The molecule has 2 aliphatic heterocycles. The molecule has 11 nitrogen and oxygen atoms in total. The van der Waals surface area contributed by atoms with E-state index in [1.165, 1.54) is 42.6 Å². The number of pyridine rings is 2. The van der Waals surface area contributed by atoms with Crippen molar-refractivity contribution in [1.29, 1.82) is 0 Å². The smallest absolute Gasteiger partial charge is 0.355 e. The van der Waals surface area contributed by atoms with Crippen LogP contribution in [0.5, 0.6) is 0 Å². The molecule has 0 aliphatic carbocycles. The minimum absolute atomic E-state index is 0.0235. The van der Waals surface area contributed by atoms with E-state index in [4.69, 9.17) is 4.74 Å². The summed E-state index contributed by atoms with van der Waals surface area (Å²) in [5, 5.41) is -1.15. The van der Waals surface area contributed by atoms with E-state index in [9.17, 15) is 22.4 Å². The quantitative estimate of drug-likeness (QED) is 0.304. The summed E-state index contributed by atoms with van der Waals surface area (Å²) < 4.78 is 63.5. The second-order valence-electron chi connectivity index (χ2n) is 10.3. The average molecular weight is 609 g/mol. The first-order chi connectivity index (χ1) is 20.6. The number of sulfone groups is 1. The maximum atomic E-state index is 15.8. The van der Waals surface area contributed by atoms with Crippen molar-refractivity contribution in [1.82, 2.24) is 24.4 Å². The first-order valence-corrected chi connectivity index (χ1v) is 15.0. The number of piperazine rings is 1. The third-order valence-corrected chi connectivity index (χ3v) is 9.63. The lowest BCUT2D eigenvalue weighted by molar-refractivity contribution is -0.126. The molecule has 43 heavy (non-hydrogen) atoms. The number of anilines is 1. The van der Waals surface area contributed by atoms with E-state index >= 15 is 4.39 Å². The fourth-order valence-electron chi connectivity index (χ4n) is 5.31. The van der Waals surface area contributed by atoms with Crippen LogP contribution in [-0.4, -0.2) is 82.9 Å². The zero-order valence-electron chi connectivity index (χ0n) is 23.0. The summed E-state index contributed by atoms with van der Waals surface area (Å²) in [4.78, 5) is 42.3. The van der Waals surface area contributed by atoms with Gasteiger partial charge in [0.1, 0.15) is 28.4 Å². The maximum absolute atomic E-state index is 15.8. The largest absolute Gasteiger partial charge is 0.379 e. The first-order valence-electron chi connectivity index (χ1n) is 13.4. The van der Waals surface area contributed by atoms with Gasteiger partial charge in [0.05, 0.1) is 24.3 Å². The van der Waals surface area contributed by atoms with Gasteiger partial charge in [-0.1, -0.05) is 18.7 Å². The number of amides is 1. The Bertz CT molecular complexity index is 1950. The lowest BCUT2D eigenvalue weighted by Gasteiger charge is -2.40. The molecule has 0 spiro atoms.